The maximum atomic E-state index is 12.2. The number of carbonyl (C=O) groups excluding carboxylic acids is 1. The topological polar surface area (TPSA) is 54.9 Å². The summed E-state index contributed by atoms with van der Waals surface area (Å²) in [5.74, 6) is -0.313. The summed E-state index contributed by atoms with van der Waals surface area (Å²) in [6, 6.07) is 9.26. The lowest BCUT2D eigenvalue weighted by Gasteiger charge is -2.04. The van der Waals surface area contributed by atoms with E-state index in [1.807, 2.05) is 36.6 Å². The number of pyridine rings is 1. The minimum atomic E-state index is -0.313. The lowest BCUT2D eigenvalue weighted by atomic mass is 10.1. The van der Waals surface area contributed by atoms with E-state index in [-0.39, 0.29) is 11.6 Å². The molecular weight excluding hydrogens is 294 g/mol. The minimum absolute atomic E-state index is 0.279. The Kier molecular flexibility index (Phi) is 3.38. The molecule has 0 radical (unpaired) electrons. The Labute approximate surface area is 124 Å². The van der Waals surface area contributed by atoms with Crippen LogP contribution in [-0.4, -0.2) is 15.9 Å². The fourth-order valence-electron chi connectivity index (χ4n) is 1.85. The Hall–Kier alpha value is -1.98. The Balaban J connectivity index is 1.95. The van der Waals surface area contributed by atoms with Crippen LogP contribution in [0.4, 0.5) is 5.13 Å². The van der Waals surface area contributed by atoms with Crippen molar-refractivity contribution >= 4 is 44.7 Å². The molecular formula is C14H10ClN3OS. The number of amides is 1. The van der Waals surface area contributed by atoms with E-state index in [0.29, 0.717) is 10.3 Å². The van der Waals surface area contributed by atoms with Crippen molar-refractivity contribution < 1.29 is 4.79 Å². The summed E-state index contributed by atoms with van der Waals surface area (Å²) >= 11 is 7.49. The number of carbonyl (C=O) groups is 1. The number of halogens is 1. The molecule has 100 valence electrons. The lowest BCUT2D eigenvalue weighted by molar-refractivity contribution is 0.102. The second-order valence-electron chi connectivity index (χ2n) is 4.27. The quantitative estimate of drug-likeness (QED) is 0.730. The maximum absolute atomic E-state index is 12.2. The number of hydrogen-bond acceptors (Lipinski definition) is 4. The zero-order chi connectivity index (χ0) is 14.1. The molecule has 2 aromatic heterocycles. The van der Waals surface area contributed by atoms with Gasteiger partial charge in [-0.05, 0) is 18.4 Å². The number of anilines is 1. The van der Waals surface area contributed by atoms with Gasteiger partial charge in [-0.25, -0.2) is 9.97 Å². The van der Waals surface area contributed by atoms with Crippen LogP contribution in [-0.2, 0) is 0 Å². The van der Waals surface area contributed by atoms with E-state index in [2.05, 4.69) is 15.3 Å². The Morgan fingerprint density at radius 1 is 1.30 bits per heavy atom. The van der Waals surface area contributed by atoms with E-state index in [0.717, 1.165) is 16.5 Å². The fraction of sp³-hybridized carbons (Fsp3) is 0.0714. The van der Waals surface area contributed by atoms with Crippen molar-refractivity contribution in [3.63, 3.8) is 0 Å². The van der Waals surface area contributed by atoms with E-state index in [9.17, 15) is 4.79 Å². The van der Waals surface area contributed by atoms with Crippen molar-refractivity contribution in [3.05, 3.63) is 52.3 Å². The van der Waals surface area contributed by atoms with Crippen molar-refractivity contribution in [2.24, 2.45) is 0 Å². The van der Waals surface area contributed by atoms with Crippen LogP contribution in [0.1, 0.15) is 16.2 Å². The normalized spacial score (nSPS) is 10.7. The molecule has 4 nitrogen and oxygen atoms in total. The molecule has 0 bridgehead atoms. The van der Waals surface area contributed by atoms with Gasteiger partial charge in [0.2, 0.25) is 0 Å². The van der Waals surface area contributed by atoms with Gasteiger partial charge in [-0.1, -0.05) is 35.9 Å². The summed E-state index contributed by atoms with van der Waals surface area (Å²) in [7, 11) is 0. The molecule has 2 heterocycles. The highest BCUT2D eigenvalue weighted by molar-refractivity contribution is 7.13. The highest BCUT2D eigenvalue weighted by atomic mass is 35.5. The first-order chi connectivity index (χ1) is 9.63. The number of nitrogens with one attached hydrogen (secondary N) is 1. The van der Waals surface area contributed by atoms with Crippen LogP contribution >= 0.6 is 22.9 Å². The summed E-state index contributed by atoms with van der Waals surface area (Å²) in [6.45, 7) is 1.87. The van der Waals surface area contributed by atoms with Crippen LogP contribution in [0.5, 0.6) is 0 Å². The molecule has 0 fully saturated rings. The van der Waals surface area contributed by atoms with Crippen LogP contribution in [0, 0.1) is 6.92 Å². The Morgan fingerprint density at radius 3 is 2.85 bits per heavy atom. The molecule has 0 spiro atoms. The second-order valence-corrected chi connectivity index (χ2v) is 5.48. The highest BCUT2D eigenvalue weighted by Gasteiger charge is 2.12. The summed E-state index contributed by atoms with van der Waals surface area (Å²) in [5.41, 5.74) is 1.15. The summed E-state index contributed by atoms with van der Waals surface area (Å²) in [4.78, 5) is 20.5. The van der Waals surface area contributed by atoms with Gasteiger partial charge in [0.15, 0.2) is 5.13 Å². The van der Waals surface area contributed by atoms with Gasteiger partial charge in [-0.2, -0.15) is 0 Å². The first kappa shape index (κ1) is 13.0. The van der Waals surface area contributed by atoms with Crippen LogP contribution < -0.4 is 5.32 Å². The number of aromatic nitrogens is 2. The summed E-state index contributed by atoms with van der Waals surface area (Å²) in [5, 5.41) is 7.18. The van der Waals surface area contributed by atoms with E-state index >= 15 is 0 Å². The maximum Gasteiger partial charge on any atom is 0.276 e. The standard InChI is InChI=1S/C14H10ClN3OS/c1-8-7-20-14(16-8)18-13(19)11-6-9-4-2-3-5-10(9)12(15)17-11/h2-7H,1H3,(H,16,18,19). The first-order valence-corrected chi connectivity index (χ1v) is 7.18. The average molecular weight is 304 g/mol. The number of rotatable bonds is 2. The number of thiazole rings is 1. The predicted octanol–water partition coefficient (Wildman–Crippen LogP) is 3.91. The molecule has 0 aliphatic carbocycles. The van der Waals surface area contributed by atoms with Gasteiger partial charge < -0.3 is 0 Å². The third kappa shape index (κ3) is 2.50. The number of benzene rings is 1. The van der Waals surface area contributed by atoms with Crippen molar-refractivity contribution in [2.45, 2.75) is 6.92 Å². The van der Waals surface area contributed by atoms with Gasteiger partial charge >= 0.3 is 0 Å². The monoisotopic (exact) mass is 303 g/mol. The van der Waals surface area contributed by atoms with Gasteiger partial charge in [0.05, 0.1) is 5.69 Å². The molecule has 0 atom stereocenters. The van der Waals surface area contributed by atoms with Gasteiger partial charge in [0.25, 0.3) is 5.91 Å². The van der Waals surface area contributed by atoms with Crippen LogP contribution in [0.2, 0.25) is 5.15 Å². The number of nitrogens with zero attached hydrogens (tertiary/aromatic N) is 2. The predicted molar refractivity (Wildman–Crippen MR) is 81.6 cm³/mol. The van der Waals surface area contributed by atoms with Crippen molar-refractivity contribution in [1.29, 1.82) is 0 Å². The van der Waals surface area contributed by atoms with Gasteiger partial charge in [-0.3, -0.25) is 10.1 Å². The molecule has 1 amide bonds. The molecule has 0 unspecified atom stereocenters. The Morgan fingerprint density at radius 2 is 2.10 bits per heavy atom. The largest absolute Gasteiger partial charge is 0.296 e. The zero-order valence-corrected chi connectivity index (χ0v) is 12.1. The fourth-order valence-corrected chi connectivity index (χ4v) is 2.79. The van der Waals surface area contributed by atoms with Crippen LogP contribution in [0.25, 0.3) is 10.8 Å². The third-order valence-corrected chi connectivity index (χ3v) is 3.93. The number of aryl methyl sites for hydroxylation is 1. The van der Waals surface area contributed by atoms with Crippen molar-refractivity contribution in [3.8, 4) is 0 Å². The highest BCUT2D eigenvalue weighted by Crippen LogP contribution is 2.23. The van der Waals surface area contributed by atoms with E-state index in [1.165, 1.54) is 11.3 Å². The smallest absolute Gasteiger partial charge is 0.276 e. The molecule has 1 aromatic carbocycles. The first-order valence-electron chi connectivity index (χ1n) is 5.92. The van der Waals surface area contributed by atoms with E-state index in [1.54, 1.807) is 6.07 Å². The molecule has 0 aliphatic rings. The Bertz CT molecular complexity index is 800. The molecule has 3 aromatic rings. The van der Waals surface area contributed by atoms with E-state index in [4.69, 9.17) is 11.6 Å². The molecule has 0 aliphatic heterocycles. The molecule has 0 saturated carbocycles. The van der Waals surface area contributed by atoms with Gasteiger partial charge in [0.1, 0.15) is 10.8 Å². The van der Waals surface area contributed by atoms with Gasteiger partial charge in [0, 0.05) is 10.8 Å². The number of hydrogen-bond donors (Lipinski definition) is 1. The average Bonchev–Trinajstić information content (AvgIpc) is 2.84. The SMILES string of the molecule is Cc1csc(NC(=O)c2cc3ccccc3c(Cl)n2)n1. The van der Waals surface area contributed by atoms with Crippen molar-refractivity contribution in [1.82, 2.24) is 9.97 Å². The minimum Gasteiger partial charge on any atom is -0.296 e. The van der Waals surface area contributed by atoms with Gasteiger partial charge in [-0.15, -0.1) is 11.3 Å². The molecule has 6 heteroatoms. The van der Waals surface area contributed by atoms with E-state index < -0.39 is 0 Å². The van der Waals surface area contributed by atoms with Crippen molar-refractivity contribution in [2.75, 3.05) is 5.32 Å². The molecule has 0 saturated heterocycles. The summed E-state index contributed by atoms with van der Waals surface area (Å²) < 4.78 is 0. The second kappa shape index (κ2) is 5.19. The lowest BCUT2D eigenvalue weighted by Crippen LogP contribution is -2.13. The molecule has 3 rings (SSSR count). The summed E-state index contributed by atoms with van der Waals surface area (Å²) in [6.07, 6.45) is 0. The number of fused-ring (bicyclic) bond motifs is 1. The van der Waals surface area contributed by atoms with Crippen LogP contribution in [0.15, 0.2) is 35.7 Å². The third-order valence-electron chi connectivity index (χ3n) is 2.77. The molecule has 1 N–H and O–H groups in total. The molecule has 20 heavy (non-hydrogen) atoms. The van der Waals surface area contributed by atoms with Crippen LogP contribution in [0.3, 0.4) is 0 Å². The zero-order valence-electron chi connectivity index (χ0n) is 10.6.